The van der Waals surface area contributed by atoms with Gasteiger partial charge in [-0.3, -0.25) is 0 Å². The highest BCUT2D eigenvalue weighted by Gasteiger charge is 2.00. The van der Waals surface area contributed by atoms with E-state index in [9.17, 15) is 0 Å². The van der Waals surface area contributed by atoms with Gasteiger partial charge in [-0.1, -0.05) is 6.92 Å². The molecular formula is C9H10N2S. The van der Waals surface area contributed by atoms with Crippen molar-refractivity contribution < 1.29 is 0 Å². The average Bonchev–Trinajstić information content (AvgIpc) is 2.15. The molecule has 1 heterocycles. The summed E-state index contributed by atoms with van der Waals surface area (Å²) in [6.07, 6.45) is 2.82. The van der Waals surface area contributed by atoms with Gasteiger partial charge >= 0.3 is 0 Å². The lowest BCUT2D eigenvalue weighted by atomic mass is 10.3. The van der Waals surface area contributed by atoms with Crippen LogP contribution in [0.3, 0.4) is 0 Å². The number of thioether (sulfide) groups is 1. The van der Waals surface area contributed by atoms with Crippen molar-refractivity contribution in [1.29, 1.82) is 5.26 Å². The molecule has 0 bridgehead atoms. The molecule has 0 saturated heterocycles. The van der Waals surface area contributed by atoms with Gasteiger partial charge in [-0.2, -0.15) is 5.26 Å². The molecule has 2 nitrogen and oxygen atoms in total. The second-order valence-corrected chi connectivity index (χ2v) is 3.40. The molecular weight excluding hydrogens is 168 g/mol. The van der Waals surface area contributed by atoms with Crippen molar-refractivity contribution in [3.05, 3.63) is 23.9 Å². The van der Waals surface area contributed by atoms with E-state index in [1.807, 2.05) is 0 Å². The molecule has 0 spiro atoms. The lowest BCUT2D eigenvalue weighted by Crippen LogP contribution is -1.86. The van der Waals surface area contributed by atoms with E-state index >= 15 is 0 Å². The summed E-state index contributed by atoms with van der Waals surface area (Å²) in [6, 6.07) is 5.70. The van der Waals surface area contributed by atoms with Crippen LogP contribution in [0, 0.1) is 11.3 Å². The van der Waals surface area contributed by atoms with Crippen LogP contribution >= 0.6 is 11.8 Å². The SMILES string of the molecule is CCCSc1ncccc1C#N. The summed E-state index contributed by atoms with van der Waals surface area (Å²) in [5, 5.41) is 9.56. The maximum atomic E-state index is 8.71. The Morgan fingerprint density at radius 2 is 2.50 bits per heavy atom. The van der Waals surface area contributed by atoms with Gasteiger partial charge in [-0.25, -0.2) is 4.98 Å². The van der Waals surface area contributed by atoms with Gasteiger partial charge in [-0.15, -0.1) is 11.8 Å². The van der Waals surface area contributed by atoms with E-state index < -0.39 is 0 Å². The van der Waals surface area contributed by atoms with Crippen LogP contribution in [0.4, 0.5) is 0 Å². The summed E-state index contributed by atoms with van der Waals surface area (Å²) < 4.78 is 0. The molecule has 0 N–H and O–H groups in total. The Labute approximate surface area is 76.6 Å². The summed E-state index contributed by atoms with van der Waals surface area (Å²) in [6.45, 7) is 2.11. The monoisotopic (exact) mass is 178 g/mol. The number of nitrogens with zero attached hydrogens (tertiary/aromatic N) is 2. The topological polar surface area (TPSA) is 36.7 Å². The van der Waals surface area contributed by atoms with Gasteiger partial charge in [0.15, 0.2) is 0 Å². The molecule has 12 heavy (non-hydrogen) atoms. The lowest BCUT2D eigenvalue weighted by Gasteiger charge is -1.99. The highest BCUT2D eigenvalue weighted by Crippen LogP contribution is 2.19. The second-order valence-electron chi connectivity index (χ2n) is 2.32. The third-order valence-corrected chi connectivity index (χ3v) is 2.55. The highest BCUT2D eigenvalue weighted by atomic mass is 32.2. The van der Waals surface area contributed by atoms with Gasteiger partial charge in [0.2, 0.25) is 0 Å². The van der Waals surface area contributed by atoms with Crippen LogP contribution in [-0.2, 0) is 0 Å². The Bertz CT molecular complexity index is 291. The summed E-state index contributed by atoms with van der Waals surface area (Å²) >= 11 is 1.64. The number of pyridine rings is 1. The van der Waals surface area contributed by atoms with Crippen LogP contribution in [0.15, 0.2) is 23.4 Å². The van der Waals surface area contributed by atoms with E-state index in [4.69, 9.17) is 5.26 Å². The first-order valence-corrected chi connectivity index (χ1v) is 4.85. The number of hydrogen-bond donors (Lipinski definition) is 0. The largest absolute Gasteiger partial charge is 0.249 e. The van der Waals surface area contributed by atoms with Crippen molar-refractivity contribution in [3.63, 3.8) is 0 Å². The van der Waals surface area contributed by atoms with Crippen molar-refractivity contribution in [3.8, 4) is 6.07 Å². The maximum Gasteiger partial charge on any atom is 0.114 e. The van der Waals surface area contributed by atoms with E-state index in [0.717, 1.165) is 17.2 Å². The zero-order valence-corrected chi connectivity index (χ0v) is 7.77. The predicted octanol–water partition coefficient (Wildman–Crippen LogP) is 2.46. The third-order valence-electron chi connectivity index (χ3n) is 1.33. The third kappa shape index (κ3) is 2.24. The Kier molecular flexibility index (Phi) is 3.62. The minimum absolute atomic E-state index is 0.677. The zero-order chi connectivity index (χ0) is 8.81. The van der Waals surface area contributed by atoms with E-state index in [-0.39, 0.29) is 0 Å². The second kappa shape index (κ2) is 4.78. The van der Waals surface area contributed by atoms with Crippen LogP contribution in [0.2, 0.25) is 0 Å². The Morgan fingerprint density at radius 3 is 3.17 bits per heavy atom. The van der Waals surface area contributed by atoms with Crippen molar-refractivity contribution in [2.45, 2.75) is 18.4 Å². The fourth-order valence-corrected chi connectivity index (χ4v) is 1.59. The van der Waals surface area contributed by atoms with E-state index in [2.05, 4.69) is 18.0 Å². The lowest BCUT2D eigenvalue weighted by molar-refractivity contribution is 1.07. The minimum Gasteiger partial charge on any atom is -0.249 e. The van der Waals surface area contributed by atoms with Gasteiger partial charge in [0.25, 0.3) is 0 Å². The van der Waals surface area contributed by atoms with Crippen LogP contribution in [-0.4, -0.2) is 10.7 Å². The van der Waals surface area contributed by atoms with Gasteiger partial charge in [0, 0.05) is 6.20 Å². The highest BCUT2D eigenvalue weighted by molar-refractivity contribution is 7.99. The number of aromatic nitrogens is 1. The molecule has 0 aliphatic carbocycles. The minimum atomic E-state index is 0.677. The van der Waals surface area contributed by atoms with Gasteiger partial charge in [0.1, 0.15) is 11.1 Å². The van der Waals surface area contributed by atoms with Crippen molar-refractivity contribution in [2.24, 2.45) is 0 Å². The maximum absolute atomic E-state index is 8.71. The molecule has 1 aromatic rings. The summed E-state index contributed by atoms with van der Waals surface area (Å²) in [7, 11) is 0. The van der Waals surface area contributed by atoms with E-state index in [1.165, 1.54) is 0 Å². The van der Waals surface area contributed by atoms with Crippen molar-refractivity contribution in [2.75, 3.05) is 5.75 Å². The first-order valence-electron chi connectivity index (χ1n) is 3.86. The molecule has 0 fully saturated rings. The Balaban J connectivity index is 2.77. The van der Waals surface area contributed by atoms with Crippen LogP contribution in [0.1, 0.15) is 18.9 Å². The number of nitriles is 1. The van der Waals surface area contributed by atoms with Crippen LogP contribution < -0.4 is 0 Å². The predicted molar refractivity (Wildman–Crippen MR) is 50.0 cm³/mol. The molecule has 1 aromatic heterocycles. The van der Waals surface area contributed by atoms with E-state index in [0.29, 0.717) is 5.56 Å². The molecule has 0 aliphatic heterocycles. The quantitative estimate of drug-likeness (QED) is 0.667. The molecule has 0 radical (unpaired) electrons. The summed E-state index contributed by atoms with van der Waals surface area (Å²) in [5.74, 6) is 1.02. The van der Waals surface area contributed by atoms with Gasteiger partial charge < -0.3 is 0 Å². The fourth-order valence-electron chi connectivity index (χ4n) is 0.790. The summed E-state index contributed by atoms with van der Waals surface area (Å²) in [5.41, 5.74) is 0.677. The normalized spacial score (nSPS) is 9.33. The molecule has 0 atom stereocenters. The first-order chi connectivity index (χ1) is 5.88. The molecule has 0 saturated carbocycles. The standard InChI is InChI=1S/C9H10N2S/c1-2-6-12-9-8(7-10)4-3-5-11-9/h3-5H,2,6H2,1H3. The number of hydrogen-bond acceptors (Lipinski definition) is 3. The van der Waals surface area contributed by atoms with Gasteiger partial charge in [0.05, 0.1) is 5.56 Å². The smallest absolute Gasteiger partial charge is 0.114 e. The van der Waals surface area contributed by atoms with Crippen molar-refractivity contribution in [1.82, 2.24) is 4.98 Å². The molecule has 0 unspecified atom stereocenters. The molecule has 3 heteroatoms. The van der Waals surface area contributed by atoms with Crippen molar-refractivity contribution >= 4 is 11.8 Å². The van der Waals surface area contributed by atoms with Gasteiger partial charge in [-0.05, 0) is 24.3 Å². The van der Waals surface area contributed by atoms with E-state index in [1.54, 1.807) is 30.1 Å². The Morgan fingerprint density at radius 1 is 1.67 bits per heavy atom. The molecule has 0 aromatic carbocycles. The van der Waals surface area contributed by atoms with Crippen LogP contribution in [0.25, 0.3) is 0 Å². The fraction of sp³-hybridized carbons (Fsp3) is 0.333. The molecule has 62 valence electrons. The van der Waals surface area contributed by atoms with Crippen LogP contribution in [0.5, 0.6) is 0 Å². The zero-order valence-electron chi connectivity index (χ0n) is 6.95. The Hall–Kier alpha value is -1.01. The molecule has 1 rings (SSSR count). The molecule has 0 aliphatic rings. The molecule has 0 amide bonds. The summed E-state index contributed by atoms with van der Waals surface area (Å²) in [4.78, 5) is 4.13. The number of rotatable bonds is 3. The first kappa shape index (κ1) is 9.08. The average molecular weight is 178 g/mol.